The number of unbranched alkanes of at least 4 members (excludes halogenated alkanes) is 1. The molecule has 1 rings (SSSR count). The minimum atomic E-state index is 0.552. The zero-order valence-corrected chi connectivity index (χ0v) is 10.8. The smallest absolute Gasteiger partial charge is 0.0605 e. The largest absolute Gasteiger partial charge is 0.378 e. The Morgan fingerprint density at radius 2 is 2.00 bits per heavy atom. The second kappa shape index (κ2) is 6.49. The van der Waals surface area contributed by atoms with Crippen LogP contribution in [0, 0.1) is 5.92 Å². The van der Waals surface area contributed by atoms with Crippen molar-refractivity contribution in [2.24, 2.45) is 5.92 Å². The van der Waals surface area contributed by atoms with E-state index in [1.807, 2.05) is 0 Å². The molecule has 15 heavy (non-hydrogen) atoms. The van der Waals surface area contributed by atoms with Crippen molar-refractivity contribution in [2.75, 3.05) is 20.2 Å². The molecule has 1 aliphatic rings. The number of nitrogens with zero attached hydrogens (tertiary/aromatic N) is 1. The summed E-state index contributed by atoms with van der Waals surface area (Å²) in [6, 6.07) is 0.777. The van der Waals surface area contributed by atoms with Crippen LogP contribution in [0.3, 0.4) is 0 Å². The molecule has 0 aliphatic heterocycles. The van der Waals surface area contributed by atoms with Gasteiger partial charge in [0.1, 0.15) is 0 Å². The van der Waals surface area contributed by atoms with Gasteiger partial charge in [0.25, 0.3) is 0 Å². The van der Waals surface area contributed by atoms with Gasteiger partial charge < -0.3 is 9.64 Å². The Kier molecular flexibility index (Phi) is 5.62. The fourth-order valence-corrected chi connectivity index (χ4v) is 2.15. The summed E-state index contributed by atoms with van der Waals surface area (Å²) in [5.41, 5.74) is 0. The van der Waals surface area contributed by atoms with Crippen LogP contribution in [0.2, 0.25) is 0 Å². The van der Waals surface area contributed by atoms with E-state index in [9.17, 15) is 0 Å². The number of hydrogen-bond acceptors (Lipinski definition) is 2. The highest BCUT2D eigenvalue weighted by Crippen LogP contribution is 2.28. The van der Waals surface area contributed by atoms with E-state index in [2.05, 4.69) is 32.7 Å². The second-order valence-corrected chi connectivity index (χ2v) is 5.31. The van der Waals surface area contributed by atoms with Crippen LogP contribution in [0.1, 0.15) is 46.5 Å². The molecular formula is C13H27NO. The third-order valence-corrected chi connectivity index (χ3v) is 3.20. The molecule has 90 valence electrons. The summed E-state index contributed by atoms with van der Waals surface area (Å²) in [5, 5.41) is 0. The average molecular weight is 213 g/mol. The standard InChI is InChI=1S/C13H27NO/c1-5-6-7-15-13-8-12(9-13)14(4)10-11(2)3/h11-13H,5-10H2,1-4H3/t12-,13-. The summed E-state index contributed by atoms with van der Waals surface area (Å²) in [6.45, 7) is 8.95. The van der Waals surface area contributed by atoms with Gasteiger partial charge in [0.2, 0.25) is 0 Å². The van der Waals surface area contributed by atoms with Crippen molar-refractivity contribution in [3.05, 3.63) is 0 Å². The SMILES string of the molecule is CCCCO[C@H]1C[C@H](N(C)CC(C)C)C1. The molecule has 0 heterocycles. The van der Waals surface area contributed by atoms with Gasteiger partial charge >= 0.3 is 0 Å². The fraction of sp³-hybridized carbons (Fsp3) is 1.00. The number of rotatable bonds is 7. The maximum atomic E-state index is 5.78. The summed E-state index contributed by atoms with van der Waals surface area (Å²) in [7, 11) is 2.24. The van der Waals surface area contributed by atoms with Crippen LogP contribution in [-0.2, 0) is 4.74 Å². The number of ether oxygens (including phenoxy) is 1. The highest BCUT2D eigenvalue weighted by Gasteiger charge is 2.32. The Morgan fingerprint density at radius 1 is 1.33 bits per heavy atom. The van der Waals surface area contributed by atoms with Crippen molar-refractivity contribution < 1.29 is 4.74 Å². The molecule has 0 spiro atoms. The van der Waals surface area contributed by atoms with Crippen LogP contribution in [-0.4, -0.2) is 37.2 Å². The molecule has 0 aromatic rings. The predicted molar refractivity (Wildman–Crippen MR) is 65.1 cm³/mol. The number of hydrogen-bond donors (Lipinski definition) is 0. The molecule has 1 saturated carbocycles. The fourth-order valence-electron chi connectivity index (χ4n) is 2.15. The summed E-state index contributed by atoms with van der Waals surface area (Å²) in [6.07, 6.45) is 5.49. The molecular weight excluding hydrogens is 186 g/mol. The summed E-state index contributed by atoms with van der Waals surface area (Å²) < 4.78 is 5.78. The minimum absolute atomic E-state index is 0.552. The molecule has 0 atom stereocenters. The maximum absolute atomic E-state index is 5.78. The van der Waals surface area contributed by atoms with Gasteiger partial charge in [0.05, 0.1) is 6.10 Å². The van der Waals surface area contributed by atoms with Crippen molar-refractivity contribution >= 4 is 0 Å². The molecule has 1 fully saturated rings. The van der Waals surface area contributed by atoms with Gasteiger partial charge in [-0.1, -0.05) is 27.2 Å². The Labute approximate surface area is 95.0 Å². The van der Waals surface area contributed by atoms with Crippen LogP contribution in [0.25, 0.3) is 0 Å². The van der Waals surface area contributed by atoms with Gasteiger partial charge in [-0.3, -0.25) is 0 Å². The van der Waals surface area contributed by atoms with E-state index in [0.717, 1.165) is 18.6 Å². The Bertz CT molecular complexity index is 164. The Hall–Kier alpha value is -0.0800. The third-order valence-electron chi connectivity index (χ3n) is 3.20. The normalized spacial score (nSPS) is 26.0. The molecule has 0 unspecified atom stereocenters. The maximum Gasteiger partial charge on any atom is 0.0605 e. The zero-order valence-electron chi connectivity index (χ0n) is 10.8. The topological polar surface area (TPSA) is 12.5 Å². The lowest BCUT2D eigenvalue weighted by atomic mass is 9.87. The van der Waals surface area contributed by atoms with Crippen LogP contribution in [0.5, 0.6) is 0 Å². The van der Waals surface area contributed by atoms with Gasteiger partial charge in [-0.25, -0.2) is 0 Å². The van der Waals surface area contributed by atoms with Crippen LogP contribution in [0.15, 0.2) is 0 Å². The first kappa shape index (κ1) is 13.0. The highest BCUT2D eigenvalue weighted by molar-refractivity contribution is 4.87. The molecule has 0 aromatic heterocycles. The molecule has 1 aliphatic carbocycles. The third kappa shape index (κ3) is 4.52. The molecule has 0 radical (unpaired) electrons. The Morgan fingerprint density at radius 3 is 2.53 bits per heavy atom. The van der Waals surface area contributed by atoms with Crippen molar-refractivity contribution in [3.8, 4) is 0 Å². The molecule has 0 amide bonds. The summed E-state index contributed by atoms with van der Waals surface area (Å²) in [4.78, 5) is 2.49. The van der Waals surface area contributed by atoms with E-state index in [0.29, 0.717) is 6.10 Å². The van der Waals surface area contributed by atoms with Gasteiger partial charge in [-0.05, 0) is 32.2 Å². The van der Waals surface area contributed by atoms with Crippen molar-refractivity contribution in [1.82, 2.24) is 4.90 Å². The summed E-state index contributed by atoms with van der Waals surface area (Å²) in [5.74, 6) is 0.773. The first-order chi connectivity index (χ1) is 7.13. The van der Waals surface area contributed by atoms with Crippen molar-refractivity contribution in [1.29, 1.82) is 0 Å². The van der Waals surface area contributed by atoms with Crippen LogP contribution < -0.4 is 0 Å². The van der Waals surface area contributed by atoms with Gasteiger partial charge in [0, 0.05) is 19.2 Å². The van der Waals surface area contributed by atoms with E-state index < -0.39 is 0 Å². The molecule has 0 aromatic carbocycles. The first-order valence-electron chi connectivity index (χ1n) is 6.45. The van der Waals surface area contributed by atoms with E-state index >= 15 is 0 Å². The highest BCUT2D eigenvalue weighted by atomic mass is 16.5. The lowest BCUT2D eigenvalue weighted by Crippen LogP contribution is -2.47. The predicted octanol–water partition coefficient (Wildman–Crippen LogP) is 2.92. The molecule has 0 saturated heterocycles. The summed E-state index contributed by atoms with van der Waals surface area (Å²) >= 11 is 0. The lowest BCUT2D eigenvalue weighted by molar-refractivity contribution is -0.0477. The Balaban J connectivity index is 2.03. The monoisotopic (exact) mass is 213 g/mol. The van der Waals surface area contributed by atoms with E-state index in [4.69, 9.17) is 4.74 Å². The lowest BCUT2D eigenvalue weighted by Gasteiger charge is -2.41. The van der Waals surface area contributed by atoms with Gasteiger partial charge in [-0.15, -0.1) is 0 Å². The molecule has 2 nitrogen and oxygen atoms in total. The van der Waals surface area contributed by atoms with E-state index in [-0.39, 0.29) is 0 Å². The van der Waals surface area contributed by atoms with Crippen LogP contribution in [0.4, 0.5) is 0 Å². The van der Waals surface area contributed by atoms with Crippen molar-refractivity contribution in [2.45, 2.75) is 58.6 Å². The first-order valence-corrected chi connectivity index (χ1v) is 6.45. The molecule has 2 heteroatoms. The van der Waals surface area contributed by atoms with E-state index in [1.165, 1.54) is 32.2 Å². The minimum Gasteiger partial charge on any atom is -0.378 e. The average Bonchev–Trinajstić information content (AvgIpc) is 2.07. The van der Waals surface area contributed by atoms with Crippen LogP contribution >= 0.6 is 0 Å². The second-order valence-electron chi connectivity index (χ2n) is 5.31. The van der Waals surface area contributed by atoms with Gasteiger partial charge in [-0.2, -0.15) is 0 Å². The van der Waals surface area contributed by atoms with Gasteiger partial charge in [0.15, 0.2) is 0 Å². The van der Waals surface area contributed by atoms with Crippen molar-refractivity contribution in [3.63, 3.8) is 0 Å². The molecule has 0 N–H and O–H groups in total. The molecule has 0 bridgehead atoms. The zero-order chi connectivity index (χ0) is 11.3. The quantitative estimate of drug-likeness (QED) is 0.603. The van der Waals surface area contributed by atoms with E-state index in [1.54, 1.807) is 0 Å².